The molecule has 0 saturated carbocycles. The summed E-state index contributed by atoms with van der Waals surface area (Å²) in [5.41, 5.74) is 1.23. The van der Waals surface area contributed by atoms with E-state index < -0.39 is 5.82 Å². The van der Waals surface area contributed by atoms with Gasteiger partial charge in [-0.3, -0.25) is 0 Å². The molecule has 0 aliphatic carbocycles. The first kappa shape index (κ1) is 14.3. The summed E-state index contributed by atoms with van der Waals surface area (Å²) in [6.07, 6.45) is 1.62. The predicted molar refractivity (Wildman–Crippen MR) is 79.1 cm³/mol. The van der Waals surface area contributed by atoms with Crippen molar-refractivity contribution in [2.75, 3.05) is 0 Å². The summed E-state index contributed by atoms with van der Waals surface area (Å²) in [6.45, 7) is 2.25. The van der Waals surface area contributed by atoms with Crippen molar-refractivity contribution in [1.29, 1.82) is 0 Å². The molecular weight excluding hydrogens is 316 g/mol. The van der Waals surface area contributed by atoms with Gasteiger partial charge in [0.05, 0.1) is 28.0 Å². The largest absolute Gasteiger partial charge is 0.319 e. The average molecular weight is 328 g/mol. The molecule has 1 aromatic carbocycles. The molecule has 8 heteroatoms. The van der Waals surface area contributed by atoms with Crippen molar-refractivity contribution in [3.63, 3.8) is 0 Å². The van der Waals surface area contributed by atoms with E-state index in [-0.39, 0.29) is 10.4 Å². The summed E-state index contributed by atoms with van der Waals surface area (Å²) in [4.78, 5) is 4.40. The Morgan fingerprint density at radius 1 is 1.38 bits per heavy atom. The van der Waals surface area contributed by atoms with Crippen molar-refractivity contribution < 1.29 is 4.39 Å². The Labute approximate surface area is 130 Å². The van der Waals surface area contributed by atoms with Crippen LogP contribution in [0.2, 0.25) is 5.02 Å². The first-order chi connectivity index (χ1) is 9.97. The predicted octanol–water partition coefficient (Wildman–Crippen LogP) is 3.31. The highest BCUT2D eigenvalue weighted by Crippen LogP contribution is 2.28. The molecule has 1 unspecified atom stereocenters. The van der Waals surface area contributed by atoms with Gasteiger partial charge < -0.3 is 9.13 Å². The smallest absolute Gasteiger partial charge is 0.152 e. The zero-order valence-electron chi connectivity index (χ0n) is 11.4. The summed E-state index contributed by atoms with van der Waals surface area (Å²) in [7, 11) is 1.85. The van der Waals surface area contributed by atoms with E-state index in [0.29, 0.717) is 23.4 Å². The molecule has 0 N–H and O–H groups in total. The fourth-order valence-electron chi connectivity index (χ4n) is 2.20. The summed E-state index contributed by atoms with van der Waals surface area (Å²) >= 11 is 12.1. The third kappa shape index (κ3) is 2.49. The highest BCUT2D eigenvalue weighted by molar-refractivity contribution is 6.31. The number of aryl methyl sites for hydroxylation is 1. The van der Waals surface area contributed by atoms with Crippen LogP contribution in [-0.2, 0) is 13.6 Å². The molecule has 0 fully saturated rings. The zero-order valence-corrected chi connectivity index (χ0v) is 12.9. The molecule has 5 nitrogen and oxygen atoms in total. The van der Waals surface area contributed by atoms with Gasteiger partial charge in [-0.15, -0.1) is 21.8 Å². The van der Waals surface area contributed by atoms with Crippen LogP contribution in [0.25, 0.3) is 11.0 Å². The molecule has 1 atom stereocenters. The molecule has 2 aromatic heterocycles. The minimum atomic E-state index is -0.499. The van der Waals surface area contributed by atoms with E-state index in [9.17, 15) is 4.39 Å². The first-order valence-corrected chi connectivity index (χ1v) is 7.11. The van der Waals surface area contributed by atoms with E-state index in [1.165, 1.54) is 6.07 Å². The number of nitrogens with zero attached hydrogens (tertiary/aromatic N) is 5. The molecule has 21 heavy (non-hydrogen) atoms. The van der Waals surface area contributed by atoms with Gasteiger partial charge in [0.1, 0.15) is 18.0 Å². The quantitative estimate of drug-likeness (QED) is 0.693. The summed E-state index contributed by atoms with van der Waals surface area (Å²) in [5.74, 6) is 0.880. The molecule has 3 aromatic rings. The van der Waals surface area contributed by atoms with Crippen molar-refractivity contribution in [2.45, 2.75) is 18.8 Å². The molecular formula is C13H12Cl2FN5. The van der Waals surface area contributed by atoms with Crippen molar-refractivity contribution in [3.8, 4) is 0 Å². The van der Waals surface area contributed by atoms with E-state index in [2.05, 4.69) is 15.2 Å². The second kappa shape index (κ2) is 5.27. The van der Waals surface area contributed by atoms with Gasteiger partial charge in [0.25, 0.3) is 0 Å². The lowest BCUT2D eigenvalue weighted by Gasteiger charge is -2.10. The number of imidazole rings is 1. The number of benzene rings is 1. The third-order valence-electron chi connectivity index (χ3n) is 3.28. The Bertz CT molecular complexity index is 808. The maximum Gasteiger partial charge on any atom is 0.152 e. The van der Waals surface area contributed by atoms with Crippen LogP contribution in [0.1, 0.15) is 23.9 Å². The zero-order chi connectivity index (χ0) is 15.1. The van der Waals surface area contributed by atoms with Gasteiger partial charge in [-0.25, -0.2) is 9.37 Å². The molecule has 110 valence electrons. The van der Waals surface area contributed by atoms with E-state index in [0.717, 1.165) is 5.82 Å². The van der Waals surface area contributed by atoms with Gasteiger partial charge in [0.2, 0.25) is 0 Å². The van der Waals surface area contributed by atoms with Gasteiger partial charge in [-0.1, -0.05) is 11.6 Å². The Balaban J connectivity index is 2.20. The number of hydrogen-bond acceptors (Lipinski definition) is 3. The fourth-order valence-corrected chi connectivity index (χ4v) is 2.52. The summed E-state index contributed by atoms with van der Waals surface area (Å²) < 4.78 is 17.3. The van der Waals surface area contributed by atoms with Gasteiger partial charge in [-0.2, -0.15) is 0 Å². The molecule has 2 heterocycles. The second-order valence-electron chi connectivity index (χ2n) is 4.79. The van der Waals surface area contributed by atoms with Gasteiger partial charge in [-0.05, 0) is 13.0 Å². The number of aromatic nitrogens is 5. The minimum Gasteiger partial charge on any atom is -0.319 e. The topological polar surface area (TPSA) is 48.5 Å². The van der Waals surface area contributed by atoms with Crippen molar-refractivity contribution in [1.82, 2.24) is 24.3 Å². The lowest BCUT2D eigenvalue weighted by Crippen LogP contribution is -2.09. The number of halogens is 3. The van der Waals surface area contributed by atoms with E-state index >= 15 is 0 Å². The monoisotopic (exact) mass is 327 g/mol. The van der Waals surface area contributed by atoms with Crippen LogP contribution in [0.5, 0.6) is 0 Å². The van der Waals surface area contributed by atoms with Crippen molar-refractivity contribution in [2.24, 2.45) is 7.05 Å². The number of alkyl halides is 1. The summed E-state index contributed by atoms with van der Waals surface area (Å²) in [6, 6.07) is 2.87. The Morgan fingerprint density at radius 2 is 2.14 bits per heavy atom. The number of fused-ring (bicyclic) bond motifs is 1. The van der Waals surface area contributed by atoms with E-state index in [4.69, 9.17) is 23.2 Å². The van der Waals surface area contributed by atoms with Crippen LogP contribution < -0.4 is 0 Å². The van der Waals surface area contributed by atoms with Crippen LogP contribution in [0.3, 0.4) is 0 Å². The molecule has 0 amide bonds. The van der Waals surface area contributed by atoms with Crippen LogP contribution in [0, 0.1) is 5.82 Å². The third-order valence-corrected chi connectivity index (χ3v) is 3.77. The minimum absolute atomic E-state index is 0.0513. The molecule has 0 saturated heterocycles. The summed E-state index contributed by atoms with van der Waals surface area (Å²) in [5, 5.41) is 7.63. The highest BCUT2D eigenvalue weighted by atomic mass is 35.5. The highest BCUT2D eigenvalue weighted by Gasteiger charge is 2.18. The van der Waals surface area contributed by atoms with Crippen LogP contribution in [-0.4, -0.2) is 24.3 Å². The van der Waals surface area contributed by atoms with Gasteiger partial charge in [0, 0.05) is 13.1 Å². The van der Waals surface area contributed by atoms with Gasteiger partial charge >= 0.3 is 0 Å². The normalized spacial score (nSPS) is 13.0. The molecule has 3 rings (SSSR count). The SMILES string of the molecule is CC(Cl)c1nc2cc(F)c(Cl)cc2n1Cc1nncn1C. The molecule has 0 aliphatic rings. The number of hydrogen-bond donors (Lipinski definition) is 0. The fraction of sp³-hybridized carbons (Fsp3) is 0.308. The molecule has 0 bridgehead atoms. The first-order valence-electron chi connectivity index (χ1n) is 6.29. The average Bonchev–Trinajstić information content (AvgIpc) is 2.97. The van der Waals surface area contributed by atoms with E-state index in [1.54, 1.807) is 17.0 Å². The second-order valence-corrected chi connectivity index (χ2v) is 5.85. The lowest BCUT2D eigenvalue weighted by molar-refractivity contribution is 0.629. The van der Waals surface area contributed by atoms with E-state index in [1.807, 2.05) is 18.5 Å². The molecule has 0 radical (unpaired) electrons. The standard InChI is InChI=1S/C13H12Cl2FN5/c1-7(14)13-18-10-4-9(16)8(15)3-11(10)21(13)5-12-19-17-6-20(12)2/h3-4,6-7H,5H2,1-2H3. The molecule has 0 aliphatic heterocycles. The van der Waals surface area contributed by atoms with Crippen LogP contribution in [0.15, 0.2) is 18.5 Å². The van der Waals surface area contributed by atoms with Crippen LogP contribution in [0.4, 0.5) is 4.39 Å². The Morgan fingerprint density at radius 3 is 2.76 bits per heavy atom. The van der Waals surface area contributed by atoms with Gasteiger partial charge in [0.15, 0.2) is 5.82 Å². The Kier molecular flexibility index (Phi) is 3.59. The van der Waals surface area contributed by atoms with Crippen molar-refractivity contribution in [3.05, 3.63) is 40.9 Å². The Hall–Kier alpha value is -1.66. The number of rotatable bonds is 3. The molecule has 0 spiro atoms. The maximum atomic E-state index is 13.6. The maximum absolute atomic E-state index is 13.6. The lowest BCUT2D eigenvalue weighted by atomic mass is 10.3. The van der Waals surface area contributed by atoms with Crippen LogP contribution >= 0.6 is 23.2 Å². The van der Waals surface area contributed by atoms with Crippen molar-refractivity contribution >= 4 is 34.2 Å².